The molecule has 0 aliphatic carbocycles. The van der Waals surface area contributed by atoms with E-state index < -0.39 is 17.6 Å². The van der Waals surface area contributed by atoms with E-state index in [9.17, 15) is 14.0 Å². The molecule has 0 amide bonds. The number of hydrogen-bond acceptors (Lipinski definition) is 6. The first-order valence-corrected chi connectivity index (χ1v) is 9.12. The number of esters is 1. The summed E-state index contributed by atoms with van der Waals surface area (Å²) in [5.74, 6) is -1.47. The largest absolute Gasteiger partial charge is 0.496 e. The molecule has 0 saturated carbocycles. The fourth-order valence-corrected chi connectivity index (χ4v) is 2.98. The van der Waals surface area contributed by atoms with Gasteiger partial charge in [-0.2, -0.15) is 0 Å². The lowest BCUT2D eigenvalue weighted by atomic mass is 9.97. The Morgan fingerprint density at radius 3 is 2.38 bits per heavy atom. The van der Waals surface area contributed by atoms with Gasteiger partial charge in [-0.1, -0.05) is 23.7 Å². The Balaban J connectivity index is 2.55. The molecule has 29 heavy (non-hydrogen) atoms. The second-order valence-corrected chi connectivity index (χ2v) is 6.28. The average molecular weight is 422 g/mol. The minimum atomic E-state index is -0.833. The van der Waals surface area contributed by atoms with Crippen LogP contribution in [0, 0.1) is 5.82 Å². The Kier molecular flexibility index (Phi) is 7.73. The summed E-state index contributed by atoms with van der Waals surface area (Å²) in [5, 5.41) is -0.00556. The smallest absolute Gasteiger partial charge is 0.360 e. The Labute approximate surface area is 173 Å². The van der Waals surface area contributed by atoms with Gasteiger partial charge in [0.2, 0.25) is 5.78 Å². The molecule has 0 fully saturated rings. The maximum Gasteiger partial charge on any atom is 0.360 e. The van der Waals surface area contributed by atoms with Gasteiger partial charge in [-0.25, -0.2) is 9.18 Å². The first kappa shape index (κ1) is 22.4. The molecule has 2 rings (SSSR count). The van der Waals surface area contributed by atoms with Crippen molar-refractivity contribution >= 4 is 29.1 Å². The molecule has 0 N–H and O–H groups in total. The number of ketones is 1. The highest BCUT2D eigenvalue weighted by atomic mass is 35.5. The van der Waals surface area contributed by atoms with Gasteiger partial charge in [-0.15, -0.1) is 0 Å². The van der Waals surface area contributed by atoms with E-state index in [1.165, 1.54) is 39.5 Å². The first-order chi connectivity index (χ1) is 13.9. The highest BCUT2D eigenvalue weighted by Gasteiger charge is 2.27. The number of rotatable bonds is 8. The average Bonchev–Trinajstić information content (AvgIpc) is 2.71. The quantitative estimate of drug-likeness (QED) is 0.279. The molecule has 0 aliphatic heterocycles. The molecule has 0 radical (unpaired) electrons. The number of carbonyl (C=O) groups excluding carboxylic acids is 2. The van der Waals surface area contributed by atoms with Crippen LogP contribution in [0.5, 0.6) is 11.5 Å². The van der Waals surface area contributed by atoms with Gasteiger partial charge in [0.25, 0.3) is 0 Å². The van der Waals surface area contributed by atoms with Crippen LogP contribution in [0.25, 0.3) is 0 Å². The fraction of sp³-hybridized carbons (Fsp3) is 0.286. The van der Waals surface area contributed by atoms with Crippen molar-refractivity contribution in [1.29, 1.82) is 0 Å². The number of aliphatic imine (C=N–C) groups is 1. The zero-order valence-electron chi connectivity index (χ0n) is 16.5. The second kappa shape index (κ2) is 10.0. The van der Waals surface area contributed by atoms with Crippen LogP contribution in [0.1, 0.15) is 28.4 Å². The van der Waals surface area contributed by atoms with Crippen LogP contribution in [-0.4, -0.2) is 45.3 Å². The number of carbonyl (C=O) groups is 2. The van der Waals surface area contributed by atoms with Crippen LogP contribution in [0.15, 0.2) is 35.3 Å². The number of nitrogens with zero attached hydrogens (tertiary/aromatic N) is 1. The summed E-state index contributed by atoms with van der Waals surface area (Å²) in [6.07, 6.45) is 0.109. The third-order valence-electron chi connectivity index (χ3n) is 4.17. The number of benzene rings is 2. The summed E-state index contributed by atoms with van der Waals surface area (Å²) in [6.45, 7) is 1.73. The van der Waals surface area contributed by atoms with Crippen molar-refractivity contribution in [3.05, 3.63) is 57.9 Å². The van der Waals surface area contributed by atoms with E-state index in [-0.39, 0.29) is 35.1 Å². The van der Waals surface area contributed by atoms with Crippen molar-refractivity contribution in [3.63, 3.8) is 0 Å². The Hall–Kier alpha value is -2.93. The van der Waals surface area contributed by atoms with E-state index in [0.717, 1.165) is 0 Å². The number of methoxy groups -OCH3 is 2. The van der Waals surface area contributed by atoms with E-state index in [1.54, 1.807) is 19.1 Å². The maximum absolute atomic E-state index is 14.4. The fourth-order valence-electron chi connectivity index (χ4n) is 2.78. The van der Waals surface area contributed by atoms with Gasteiger partial charge in [0.15, 0.2) is 5.71 Å². The second-order valence-electron chi connectivity index (χ2n) is 5.88. The molecular formula is C21H21ClFNO5. The lowest BCUT2D eigenvalue weighted by Gasteiger charge is -2.15. The summed E-state index contributed by atoms with van der Waals surface area (Å²) in [5.41, 5.74) is 0.556. The molecular weight excluding hydrogens is 401 g/mol. The molecule has 2 aromatic rings. The van der Waals surface area contributed by atoms with E-state index in [4.69, 9.17) is 25.8 Å². The Morgan fingerprint density at radius 1 is 1.10 bits per heavy atom. The van der Waals surface area contributed by atoms with Crippen molar-refractivity contribution in [3.8, 4) is 11.5 Å². The topological polar surface area (TPSA) is 74.2 Å². The minimum Gasteiger partial charge on any atom is -0.496 e. The van der Waals surface area contributed by atoms with Gasteiger partial charge >= 0.3 is 5.97 Å². The molecule has 0 atom stereocenters. The highest BCUT2D eigenvalue weighted by molar-refractivity contribution is 6.67. The third kappa shape index (κ3) is 4.92. The van der Waals surface area contributed by atoms with Crippen LogP contribution in [0.2, 0.25) is 5.02 Å². The molecule has 0 bridgehead atoms. The molecule has 0 aliphatic rings. The Bertz CT molecular complexity index is 958. The molecule has 0 unspecified atom stereocenters. The summed E-state index contributed by atoms with van der Waals surface area (Å²) in [4.78, 5) is 28.8. The molecule has 154 valence electrons. The van der Waals surface area contributed by atoms with E-state index in [1.807, 2.05) is 0 Å². The van der Waals surface area contributed by atoms with Crippen molar-refractivity contribution in [2.45, 2.75) is 13.3 Å². The number of Topliss-reactive ketones (excluding diaryl/α,β-unsaturated/α-hetero) is 1. The number of hydrogen-bond donors (Lipinski definition) is 0. The highest BCUT2D eigenvalue weighted by Crippen LogP contribution is 2.32. The van der Waals surface area contributed by atoms with Gasteiger partial charge in [0.05, 0.1) is 31.4 Å². The zero-order valence-corrected chi connectivity index (χ0v) is 17.3. The van der Waals surface area contributed by atoms with Gasteiger partial charge < -0.3 is 14.2 Å². The van der Waals surface area contributed by atoms with Crippen LogP contribution < -0.4 is 9.47 Å². The maximum atomic E-state index is 14.4. The molecule has 0 saturated heterocycles. The van der Waals surface area contributed by atoms with Crippen molar-refractivity contribution in [2.24, 2.45) is 4.99 Å². The Morgan fingerprint density at radius 2 is 1.79 bits per heavy atom. The molecule has 0 spiro atoms. The zero-order chi connectivity index (χ0) is 21.6. The van der Waals surface area contributed by atoms with Gasteiger partial charge in [-0.05, 0) is 30.2 Å². The number of halogens is 2. The molecule has 0 heterocycles. The van der Waals surface area contributed by atoms with Crippen LogP contribution in [0.3, 0.4) is 0 Å². The summed E-state index contributed by atoms with van der Waals surface area (Å²) in [7, 11) is 4.16. The SMILES string of the molecule is CCOC(=O)C(=NC)C(=O)c1cc(Cc2cccc(Cl)c2F)c(OC)cc1OC. The summed E-state index contributed by atoms with van der Waals surface area (Å²) < 4.78 is 29.9. The van der Waals surface area contributed by atoms with Crippen LogP contribution in [-0.2, 0) is 16.0 Å². The third-order valence-corrected chi connectivity index (χ3v) is 4.46. The van der Waals surface area contributed by atoms with E-state index >= 15 is 0 Å². The van der Waals surface area contributed by atoms with Gasteiger partial charge in [0, 0.05) is 19.5 Å². The lowest BCUT2D eigenvalue weighted by Crippen LogP contribution is -2.27. The molecule has 8 heteroatoms. The predicted octanol–water partition coefficient (Wildman–Crippen LogP) is 3.90. The summed E-state index contributed by atoms with van der Waals surface area (Å²) in [6, 6.07) is 7.66. The standard InChI is InChI=1S/C21H21ClFNO5/c1-5-29-21(26)19(24-2)20(25)14-10-13(16(27-3)11-17(14)28-4)9-12-7-6-8-15(22)18(12)23/h6-8,10-11H,5,9H2,1-4H3. The minimum absolute atomic E-state index is 0.00556. The van der Waals surface area contributed by atoms with Crippen molar-refractivity contribution in [2.75, 3.05) is 27.9 Å². The summed E-state index contributed by atoms with van der Waals surface area (Å²) >= 11 is 5.86. The monoisotopic (exact) mass is 421 g/mol. The molecule has 0 aromatic heterocycles. The van der Waals surface area contributed by atoms with Gasteiger partial charge in [0.1, 0.15) is 17.3 Å². The van der Waals surface area contributed by atoms with Crippen molar-refractivity contribution < 1.29 is 28.2 Å². The van der Waals surface area contributed by atoms with E-state index in [0.29, 0.717) is 16.9 Å². The van der Waals surface area contributed by atoms with E-state index in [2.05, 4.69) is 4.99 Å². The van der Waals surface area contributed by atoms with Crippen molar-refractivity contribution in [1.82, 2.24) is 0 Å². The predicted molar refractivity (Wildman–Crippen MR) is 108 cm³/mol. The lowest BCUT2D eigenvalue weighted by molar-refractivity contribution is -0.134. The molecule has 6 nitrogen and oxygen atoms in total. The van der Waals surface area contributed by atoms with Crippen LogP contribution >= 0.6 is 11.6 Å². The van der Waals surface area contributed by atoms with Crippen LogP contribution in [0.4, 0.5) is 4.39 Å². The number of ether oxygens (including phenoxy) is 3. The normalized spacial score (nSPS) is 11.2. The first-order valence-electron chi connectivity index (χ1n) is 8.74. The molecule has 2 aromatic carbocycles. The van der Waals surface area contributed by atoms with Gasteiger partial charge in [-0.3, -0.25) is 9.79 Å².